The van der Waals surface area contributed by atoms with Crippen LogP contribution in [-0.4, -0.2) is 47.5 Å². The van der Waals surface area contributed by atoms with E-state index in [2.05, 4.69) is 0 Å². The molecular weight excluding hydrogens is 350 g/mol. The third kappa shape index (κ3) is 6.28. The Balaban J connectivity index is 3.09. The lowest BCUT2D eigenvalue weighted by Gasteiger charge is -2.15. The van der Waals surface area contributed by atoms with E-state index in [1.165, 1.54) is 12.1 Å². The summed E-state index contributed by atoms with van der Waals surface area (Å²) in [6, 6.07) is 2.66. The van der Waals surface area contributed by atoms with Gasteiger partial charge in [-0.2, -0.15) is 8.42 Å². The van der Waals surface area contributed by atoms with Gasteiger partial charge < -0.3 is 10.4 Å². The van der Waals surface area contributed by atoms with Gasteiger partial charge in [0, 0.05) is 17.5 Å². The first-order valence-electron chi connectivity index (χ1n) is 7.54. The molecule has 1 amide bonds. The Labute approximate surface area is 146 Å². The van der Waals surface area contributed by atoms with Crippen molar-refractivity contribution in [2.45, 2.75) is 33.2 Å². The van der Waals surface area contributed by atoms with Crippen LogP contribution in [0.15, 0.2) is 18.2 Å². The molecule has 25 heavy (non-hydrogen) atoms. The second-order valence-corrected chi connectivity index (χ2v) is 7.61. The monoisotopic (exact) mass is 371 g/mol. The number of carbonyl (C=O) groups is 3. The van der Waals surface area contributed by atoms with Crippen LogP contribution in [0.2, 0.25) is 0 Å². The Bertz CT molecular complexity index is 784. The number of Topliss-reactive ketones (excluding diaryl/α,β-unsaturated/α-hetero) is 1. The van der Waals surface area contributed by atoms with Gasteiger partial charge in [-0.3, -0.25) is 14.1 Å². The number of hydrogen-bond acceptors (Lipinski definition) is 5. The van der Waals surface area contributed by atoms with E-state index in [-0.39, 0.29) is 17.3 Å². The van der Waals surface area contributed by atoms with Crippen LogP contribution in [0.5, 0.6) is 0 Å². The van der Waals surface area contributed by atoms with E-state index in [4.69, 9.17) is 9.66 Å². The zero-order valence-corrected chi connectivity index (χ0v) is 15.0. The molecule has 1 rings (SSSR count). The zero-order chi connectivity index (χ0) is 19.4. The number of amides is 1. The standard InChI is InChI=1S/C16H21NO7S/c1-9(2)7-14(18)11-5-4-6-12(10(11)3)15(19)17-13(16(20)21)8-25(22,23)24/h4-6,9,13H,7-8H2,1-3H3,(H,17,19)(H,20,21)(H,22,23,24). The molecule has 0 aromatic heterocycles. The highest BCUT2D eigenvalue weighted by Gasteiger charge is 2.27. The fraction of sp³-hybridized carbons (Fsp3) is 0.438. The number of carbonyl (C=O) groups excluding carboxylic acids is 2. The molecule has 0 radical (unpaired) electrons. The molecule has 9 heteroatoms. The molecule has 3 N–H and O–H groups in total. The van der Waals surface area contributed by atoms with E-state index in [1.807, 2.05) is 19.2 Å². The van der Waals surface area contributed by atoms with Gasteiger partial charge in [0.25, 0.3) is 16.0 Å². The molecule has 1 atom stereocenters. The number of nitrogens with one attached hydrogen (secondary N) is 1. The van der Waals surface area contributed by atoms with E-state index in [0.29, 0.717) is 17.5 Å². The molecule has 0 bridgehead atoms. The van der Waals surface area contributed by atoms with Crippen LogP contribution in [0.3, 0.4) is 0 Å². The third-order valence-corrected chi connectivity index (χ3v) is 4.21. The van der Waals surface area contributed by atoms with Crippen molar-refractivity contribution in [1.82, 2.24) is 5.32 Å². The van der Waals surface area contributed by atoms with Crippen LogP contribution >= 0.6 is 0 Å². The Kier molecular flexibility index (Phi) is 6.83. The molecule has 1 unspecified atom stereocenters. The van der Waals surface area contributed by atoms with Crippen LogP contribution in [0, 0.1) is 12.8 Å². The molecule has 8 nitrogen and oxygen atoms in total. The van der Waals surface area contributed by atoms with Gasteiger partial charge in [-0.05, 0) is 24.5 Å². The summed E-state index contributed by atoms with van der Waals surface area (Å²) in [6.45, 7) is 5.33. The summed E-state index contributed by atoms with van der Waals surface area (Å²) in [6.07, 6.45) is 0.298. The summed E-state index contributed by atoms with van der Waals surface area (Å²) in [5.41, 5.74) is 0.792. The maximum Gasteiger partial charge on any atom is 0.327 e. The molecule has 1 aromatic carbocycles. The lowest BCUT2D eigenvalue weighted by molar-refractivity contribution is -0.138. The lowest BCUT2D eigenvalue weighted by atomic mass is 9.94. The SMILES string of the molecule is Cc1c(C(=O)CC(C)C)cccc1C(=O)NC(CS(=O)(=O)O)C(=O)O. The average molecular weight is 371 g/mol. The summed E-state index contributed by atoms with van der Waals surface area (Å²) in [5.74, 6) is -3.60. The highest BCUT2D eigenvalue weighted by atomic mass is 32.2. The van der Waals surface area contributed by atoms with Crippen LogP contribution in [0.1, 0.15) is 46.5 Å². The Morgan fingerprint density at radius 3 is 2.20 bits per heavy atom. The van der Waals surface area contributed by atoms with Crippen molar-refractivity contribution in [2.75, 3.05) is 5.75 Å². The molecule has 0 heterocycles. The number of carboxylic acid groups (broad SMARTS) is 1. The second-order valence-electron chi connectivity index (χ2n) is 6.11. The maximum atomic E-state index is 12.3. The first-order chi connectivity index (χ1) is 11.4. The van der Waals surface area contributed by atoms with Crippen LogP contribution in [0.25, 0.3) is 0 Å². The van der Waals surface area contributed by atoms with Crippen molar-refractivity contribution in [2.24, 2.45) is 5.92 Å². The molecule has 1 aromatic rings. The molecular formula is C16H21NO7S. The fourth-order valence-corrected chi connectivity index (χ4v) is 2.93. The van der Waals surface area contributed by atoms with E-state index in [9.17, 15) is 22.8 Å². The largest absolute Gasteiger partial charge is 0.480 e. The fourth-order valence-electron chi connectivity index (χ4n) is 2.29. The van der Waals surface area contributed by atoms with Gasteiger partial charge in [-0.1, -0.05) is 26.0 Å². The molecule has 0 saturated heterocycles. The zero-order valence-electron chi connectivity index (χ0n) is 14.1. The van der Waals surface area contributed by atoms with Crippen molar-refractivity contribution in [1.29, 1.82) is 0 Å². The molecule has 0 aliphatic heterocycles. The Hall–Kier alpha value is -2.26. The minimum atomic E-state index is -4.59. The minimum absolute atomic E-state index is 0.0659. The smallest absolute Gasteiger partial charge is 0.327 e. The highest BCUT2D eigenvalue weighted by molar-refractivity contribution is 7.85. The predicted molar refractivity (Wildman–Crippen MR) is 90.3 cm³/mol. The molecule has 0 aliphatic carbocycles. The quantitative estimate of drug-likeness (QED) is 0.462. The summed E-state index contributed by atoms with van der Waals surface area (Å²) in [7, 11) is -4.59. The molecule has 138 valence electrons. The Morgan fingerprint density at radius 2 is 1.72 bits per heavy atom. The summed E-state index contributed by atoms with van der Waals surface area (Å²) < 4.78 is 30.5. The van der Waals surface area contributed by atoms with Gasteiger partial charge in [0.1, 0.15) is 11.8 Å². The lowest BCUT2D eigenvalue weighted by Crippen LogP contribution is -2.45. The number of carboxylic acids is 1. The average Bonchev–Trinajstić information content (AvgIpc) is 2.44. The van der Waals surface area contributed by atoms with Crippen molar-refractivity contribution in [3.8, 4) is 0 Å². The number of rotatable bonds is 8. The molecule has 0 saturated carbocycles. The highest BCUT2D eigenvalue weighted by Crippen LogP contribution is 2.18. The van der Waals surface area contributed by atoms with E-state index in [0.717, 1.165) is 0 Å². The van der Waals surface area contributed by atoms with Crippen molar-refractivity contribution < 1.29 is 32.5 Å². The van der Waals surface area contributed by atoms with Gasteiger partial charge in [-0.15, -0.1) is 0 Å². The van der Waals surface area contributed by atoms with E-state index < -0.39 is 33.8 Å². The molecule has 0 fully saturated rings. The van der Waals surface area contributed by atoms with Crippen molar-refractivity contribution >= 4 is 27.8 Å². The Morgan fingerprint density at radius 1 is 1.16 bits per heavy atom. The summed E-state index contributed by atoms with van der Waals surface area (Å²) in [5, 5.41) is 11.0. The third-order valence-electron chi connectivity index (χ3n) is 3.45. The summed E-state index contributed by atoms with van der Waals surface area (Å²) >= 11 is 0. The predicted octanol–water partition coefficient (Wildman–Crippen LogP) is 1.29. The number of benzene rings is 1. The summed E-state index contributed by atoms with van der Waals surface area (Å²) in [4.78, 5) is 35.6. The topological polar surface area (TPSA) is 138 Å². The number of hydrogen-bond donors (Lipinski definition) is 3. The van der Waals surface area contributed by atoms with E-state index in [1.54, 1.807) is 13.0 Å². The minimum Gasteiger partial charge on any atom is -0.480 e. The van der Waals surface area contributed by atoms with Crippen LogP contribution in [-0.2, 0) is 14.9 Å². The van der Waals surface area contributed by atoms with Crippen molar-refractivity contribution in [3.05, 3.63) is 34.9 Å². The molecule has 0 spiro atoms. The van der Waals surface area contributed by atoms with Gasteiger partial charge in [0.05, 0.1) is 0 Å². The second kappa shape index (κ2) is 8.21. The van der Waals surface area contributed by atoms with Crippen molar-refractivity contribution in [3.63, 3.8) is 0 Å². The number of aliphatic carboxylic acids is 1. The van der Waals surface area contributed by atoms with Crippen LogP contribution < -0.4 is 5.32 Å². The first-order valence-corrected chi connectivity index (χ1v) is 9.15. The van der Waals surface area contributed by atoms with Crippen LogP contribution in [0.4, 0.5) is 0 Å². The molecule has 0 aliphatic rings. The number of ketones is 1. The van der Waals surface area contributed by atoms with Gasteiger partial charge in [0.15, 0.2) is 5.78 Å². The first kappa shape index (κ1) is 20.8. The van der Waals surface area contributed by atoms with Gasteiger partial charge in [0.2, 0.25) is 0 Å². The maximum absolute atomic E-state index is 12.3. The normalized spacial score (nSPS) is 12.7. The van der Waals surface area contributed by atoms with Gasteiger partial charge >= 0.3 is 5.97 Å². The van der Waals surface area contributed by atoms with Gasteiger partial charge in [-0.25, -0.2) is 4.79 Å². The van der Waals surface area contributed by atoms with E-state index >= 15 is 0 Å².